The molecule has 1 atom stereocenters. The van der Waals surface area contributed by atoms with Crippen molar-refractivity contribution in [2.45, 2.75) is 12.6 Å². The molecule has 0 spiro atoms. The van der Waals surface area contributed by atoms with E-state index in [1.165, 1.54) is 6.20 Å². The number of benzene rings is 1. The first-order valence-electron chi connectivity index (χ1n) is 5.83. The van der Waals surface area contributed by atoms with Crippen LogP contribution in [0.1, 0.15) is 17.3 Å². The molecule has 0 aliphatic carbocycles. The molecule has 0 saturated heterocycles. The summed E-state index contributed by atoms with van der Waals surface area (Å²) in [7, 11) is 0. The minimum Gasteiger partial charge on any atom is -0.479 e. The Bertz CT molecular complexity index is 570. The van der Waals surface area contributed by atoms with Crippen molar-refractivity contribution in [2.24, 2.45) is 0 Å². The molecule has 2 rings (SSSR count). The van der Waals surface area contributed by atoms with Gasteiger partial charge in [-0.3, -0.25) is 0 Å². The molecule has 8 nitrogen and oxygen atoms in total. The third kappa shape index (κ3) is 3.55. The number of amides is 2. The second-order valence-corrected chi connectivity index (χ2v) is 3.97. The van der Waals surface area contributed by atoms with Crippen molar-refractivity contribution in [3.63, 3.8) is 0 Å². The molecule has 4 N–H and O–H groups in total. The number of nitrogens with zero attached hydrogens (tertiary/aromatic N) is 2. The van der Waals surface area contributed by atoms with Crippen LogP contribution in [-0.4, -0.2) is 32.5 Å². The Morgan fingerprint density at radius 2 is 2.05 bits per heavy atom. The zero-order chi connectivity index (χ0) is 14.4. The Hall–Kier alpha value is -2.90. The van der Waals surface area contributed by atoms with Crippen LogP contribution in [0.4, 0.5) is 4.79 Å². The molecule has 2 aromatic rings. The normalized spacial score (nSPS) is 11.6. The molecule has 2 amide bonds. The summed E-state index contributed by atoms with van der Waals surface area (Å²) in [5, 5.41) is 23.8. The topological polar surface area (TPSA) is 120 Å². The minimum absolute atomic E-state index is 0.156. The molecular formula is C12H13N5O3. The van der Waals surface area contributed by atoms with Crippen LogP contribution in [0.15, 0.2) is 36.5 Å². The van der Waals surface area contributed by atoms with E-state index in [0.717, 1.165) is 0 Å². The second-order valence-electron chi connectivity index (χ2n) is 3.97. The second kappa shape index (κ2) is 6.32. The fourth-order valence-corrected chi connectivity index (χ4v) is 1.60. The average molecular weight is 275 g/mol. The first-order chi connectivity index (χ1) is 9.66. The molecule has 8 heteroatoms. The summed E-state index contributed by atoms with van der Waals surface area (Å²) >= 11 is 0. The maximum absolute atomic E-state index is 11.7. The lowest BCUT2D eigenvalue weighted by Gasteiger charge is -2.15. The number of carbonyl (C=O) groups is 2. The number of nitrogens with one attached hydrogen (secondary N) is 3. The van der Waals surface area contributed by atoms with Crippen molar-refractivity contribution in [2.75, 3.05) is 0 Å². The van der Waals surface area contributed by atoms with Gasteiger partial charge in [0.05, 0.1) is 12.7 Å². The van der Waals surface area contributed by atoms with Crippen molar-refractivity contribution in [1.29, 1.82) is 0 Å². The minimum atomic E-state index is -1.13. The molecule has 0 unspecified atom stereocenters. The molecular weight excluding hydrogens is 262 g/mol. The maximum Gasteiger partial charge on any atom is 0.330 e. The van der Waals surface area contributed by atoms with Gasteiger partial charge < -0.3 is 15.7 Å². The van der Waals surface area contributed by atoms with E-state index < -0.39 is 18.0 Å². The molecule has 0 aliphatic heterocycles. The highest BCUT2D eigenvalue weighted by Crippen LogP contribution is 2.12. The number of H-pyrrole nitrogens is 1. The summed E-state index contributed by atoms with van der Waals surface area (Å²) in [6, 6.07) is 6.76. The van der Waals surface area contributed by atoms with Crippen LogP contribution in [0, 0.1) is 0 Å². The van der Waals surface area contributed by atoms with Gasteiger partial charge in [-0.25, -0.2) is 9.59 Å². The van der Waals surface area contributed by atoms with E-state index in [2.05, 4.69) is 26.0 Å². The molecule has 1 aromatic heterocycles. The predicted octanol–water partition coefficient (Wildman–Crippen LogP) is 0.430. The molecule has 0 radical (unpaired) electrons. The van der Waals surface area contributed by atoms with Crippen LogP contribution >= 0.6 is 0 Å². The van der Waals surface area contributed by atoms with E-state index in [0.29, 0.717) is 11.3 Å². The first-order valence-corrected chi connectivity index (χ1v) is 5.83. The number of carboxylic acids is 1. The van der Waals surface area contributed by atoms with Crippen LogP contribution in [0.3, 0.4) is 0 Å². The fourth-order valence-electron chi connectivity index (χ4n) is 1.60. The van der Waals surface area contributed by atoms with Crippen LogP contribution in [0.5, 0.6) is 0 Å². The first kappa shape index (κ1) is 13.5. The van der Waals surface area contributed by atoms with Gasteiger partial charge in [0.15, 0.2) is 6.04 Å². The Balaban J connectivity index is 1.95. The number of carbonyl (C=O) groups excluding carboxylic acids is 1. The highest BCUT2D eigenvalue weighted by atomic mass is 16.4. The number of aliphatic carboxylic acids is 1. The van der Waals surface area contributed by atoms with Crippen molar-refractivity contribution in [1.82, 2.24) is 26.0 Å². The fraction of sp³-hybridized carbons (Fsp3) is 0.167. The smallest absolute Gasteiger partial charge is 0.330 e. The summed E-state index contributed by atoms with van der Waals surface area (Å²) in [6.07, 6.45) is 1.46. The number of carboxylic acid groups (broad SMARTS) is 1. The van der Waals surface area contributed by atoms with E-state index in [4.69, 9.17) is 5.11 Å². The van der Waals surface area contributed by atoms with Gasteiger partial charge >= 0.3 is 12.0 Å². The Morgan fingerprint density at radius 3 is 2.65 bits per heavy atom. The third-order valence-electron chi connectivity index (χ3n) is 2.55. The lowest BCUT2D eigenvalue weighted by Crippen LogP contribution is -2.40. The van der Waals surface area contributed by atoms with E-state index in [1.807, 2.05) is 0 Å². The number of aromatic nitrogens is 3. The molecule has 20 heavy (non-hydrogen) atoms. The van der Waals surface area contributed by atoms with Gasteiger partial charge in [0, 0.05) is 0 Å². The SMILES string of the molecule is O=C(NCc1cn[nH]n1)N[C@@H](C(=O)O)c1ccccc1. The van der Waals surface area contributed by atoms with Gasteiger partial charge in [-0.2, -0.15) is 15.4 Å². The number of aromatic amines is 1. The third-order valence-corrected chi connectivity index (χ3v) is 2.55. The highest BCUT2D eigenvalue weighted by Gasteiger charge is 2.21. The number of hydrogen-bond acceptors (Lipinski definition) is 4. The van der Waals surface area contributed by atoms with Crippen molar-refractivity contribution < 1.29 is 14.7 Å². The van der Waals surface area contributed by atoms with E-state index in [-0.39, 0.29) is 6.54 Å². The summed E-state index contributed by atoms with van der Waals surface area (Å²) in [4.78, 5) is 22.9. The summed E-state index contributed by atoms with van der Waals surface area (Å²) in [5.41, 5.74) is 1.04. The molecule has 1 aromatic carbocycles. The van der Waals surface area contributed by atoms with Gasteiger partial charge in [-0.05, 0) is 5.56 Å². The van der Waals surface area contributed by atoms with Crippen LogP contribution in [0.2, 0.25) is 0 Å². The Morgan fingerprint density at radius 1 is 1.30 bits per heavy atom. The van der Waals surface area contributed by atoms with Crippen LogP contribution in [-0.2, 0) is 11.3 Å². The summed E-state index contributed by atoms with van der Waals surface area (Å²) < 4.78 is 0. The maximum atomic E-state index is 11.7. The van der Waals surface area contributed by atoms with Crippen LogP contribution in [0.25, 0.3) is 0 Å². The Kier molecular flexibility index (Phi) is 4.28. The van der Waals surface area contributed by atoms with Crippen molar-refractivity contribution >= 4 is 12.0 Å². The van der Waals surface area contributed by atoms with E-state index >= 15 is 0 Å². The monoisotopic (exact) mass is 275 g/mol. The molecule has 0 saturated carbocycles. The summed E-state index contributed by atoms with van der Waals surface area (Å²) in [5.74, 6) is -1.13. The molecule has 104 valence electrons. The Labute approximate surface area is 114 Å². The van der Waals surface area contributed by atoms with Gasteiger partial charge in [0.2, 0.25) is 0 Å². The lowest BCUT2D eigenvalue weighted by molar-refractivity contribution is -0.139. The summed E-state index contributed by atoms with van der Waals surface area (Å²) in [6.45, 7) is 0.156. The standard InChI is InChI=1S/C12H13N5O3/c18-11(19)10(8-4-2-1-3-5-8)15-12(20)13-6-9-7-14-17-16-9/h1-5,7,10H,6H2,(H,18,19)(H2,13,15,20)(H,14,16,17)/t10-/m1/s1. The van der Waals surface area contributed by atoms with Gasteiger partial charge in [-0.15, -0.1) is 0 Å². The molecule has 1 heterocycles. The van der Waals surface area contributed by atoms with Gasteiger partial charge in [0.25, 0.3) is 0 Å². The quantitative estimate of drug-likeness (QED) is 0.630. The molecule has 0 fully saturated rings. The average Bonchev–Trinajstić information content (AvgIpc) is 2.96. The van der Waals surface area contributed by atoms with Crippen LogP contribution < -0.4 is 10.6 Å². The van der Waals surface area contributed by atoms with E-state index in [1.54, 1.807) is 30.3 Å². The van der Waals surface area contributed by atoms with E-state index in [9.17, 15) is 9.59 Å². The number of urea groups is 1. The largest absolute Gasteiger partial charge is 0.479 e. The number of hydrogen-bond donors (Lipinski definition) is 4. The van der Waals surface area contributed by atoms with Crippen molar-refractivity contribution in [3.8, 4) is 0 Å². The zero-order valence-electron chi connectivity index (χ0n) is 10.4. The molecule has 0 bridgehead atoms. The number of rotatable bonds is 5. The lowest BCUT2D eigenvalue weighted by atomic mass is 10.1. The predicted molar refractivity (Wildman–Crippen MR) is 68.6 cm³/mol. The molecule has 0 aliphatic rings. The van der Waals surface area contributed by atoms with Gasteiger partial charge in [0.1, 0.15) is 5.69 Å². The van der Waals surface area contributed by atoms with Gasteiger partial charge in [-0.1, -0.05) is 30.3 Å². The zero-order valence-corrected chi connectivity index (χ0v) is 10.4. The highest BCUT2D eigenvalue weighted by molar-refractivity contribution is 5.83. The van der Waals surface area contributed by atoms with Crippen molar-refractivity contribution in [3.05, 3.63) is 47.8 Å².